The van der Waals surface area contributed by atoms with Crippen LogP contribution in [0, 0.1) is 13.8 Å². The third kappa shape index (κ3) is 4.28. The molecule has 2 heterocycles. The number of ether oxygens (including phenoxy) is 1. The molecule has 1 amide bonds. The first-order chi connectivity index (χ1) is 13.4. The molecule has 1 fully saturated rings. The molecule has 1 aromatic carbocycles. The zero-order valence-corrected chi connectivity index (χ0v) is 17.2. The van der Waals surface area contributed by atoms with Crippen molar-refractivity contribution in [2.24, 2.45) is 0 Å². The molecule has 1 N–H and O–H groups in total. The minimum Gasteiger partial charge on any atom is -0.494 e. The molecule has 0 atom stereocenters. The Morgan fingerprint density at radius 3 is 2.25 bits per heavy atom. The highest BCUT2D eigenvalue weighted by atomic mass is 16.5. The summed E-state index contributed by atoms with van der Waals surface area (Å²) in [5.41, 5.74) is 3.94. The minimum atomic E-state index is -0.0196. The number of rotatable bonds is 6. The van der Waals surface area contributed by atoms with Gasteiger partial charge in [0.1, 0.15) is 11.4 Å². The van der Waals surface area contributed by atoms with Gasteiger partial charge in [0.05, 0.1) is 6.61 Å². The maximum atomic E-state index is 12.9. The number of piperazine rings is 1. The molecule has 0 spiro atoms. The Morgan fingerprint density at radius 1 is 1.07 bits per heavy atom. The molecule has 28 heavy (non-hydrogen) atoms. The Balaban J connectivity index is 1.58. The van der Waals surface area contributed by atoms with Crippen molar-refractivity contribution in [2.45, 2.75) is 34.2 Å². The maximum Gasteiger partial charge on any atom is 0.270 e. The van der Waals surface area contributed by atoms with Crippen molar-refractivity contribution in [2.75, 3.05) is 32.8 Å². The van der Waals surface area contributed by atoms with Crippen LogP contribution in [0.1, 0.15) is 51.5 Å². The van der Waals surface area contributed by atoms with E-state index in [-0.39, 0.29) is 11.7 Å². The van der Waals surface area contributed by atoms with Gasteiger partial charge in [0, 0.05) is 44.0 Å². The van der Waals surface area contributed by atoms with Crippen molar-refractivity contribution in [3.05, 3.63) is 52.3 Å². The zero-order chi connectivity index (χ0) is 20.3. The average Bonchev–Trinajstić information content (AvgIpc) is 2.98. The minimum absolute atomic E-state index is 0.00882. The van der Waals surface area contributed by atoms with Crippen molar-refractivity contribution in [1.29, 1.82) is 0 Å². The number of Topliss-reactive ketones (excluding diaryl/α,β-unsaturated/α-hetero) is 1. The number of nitrogens with zero attached hydrogens (tertiary/aromatic N) is 2. The first-order valence-electron chi connectivity index (χ1n) is 9.84. The van der Waals surface area contributed by atoms with Crippen LogP contribution >= 0.6 is 0 Å². The summed E-state index contributed by atoms with van der Waals surface area (Å²) in [4.78, 5) is 32.1. The number of benzene rings is 1. The van der Waals surface area contributed by atoms with Crippen LogP contribution in [-0.2, 0) is 6.54 Å². The standard InChI is InChI=1S/C22H29N3O3/c1-5-28-19-8-6-18(7-9-19)14-24-10-12-25(13-11-24)22(27)21-15(2)20(17(4)26)16(3)23-21/h6-9,23H,5,10-14H2,1-4H3. The number of hydrogen-bond donors (Lipinski definition) is 1. The Hall–Kier alpha value is -2.60. The Bertz CT molecular complexity index is 847. The summed E-state index contributed by atoms with van der Waals surface area (Å²) < 4.78 is 5.49. The number of aromatic amines is 1. The van der Waals surface area contributed by atoms with E-state index in [4.69, 9.17) is 4.74 Å². The molecule has 6 heteroatoms. The lowest BCUT2D eigenvalue weighted by molar-refractivity contribution is 0.0622. The molecule has 0 bridgehead atoms. The van der Waals surface area contributed by atoms with Crippen LogP contribution in [0.15, 0.2) is 24.3 Å². The van der Waals surface area contributed by atoms with Crippen LogP contribution in [0.2, 0.25) is 0 Å². The molecule has 0 radical (unpaired) electrons. The third-order valence-corrected chi connectivity index (χ3v) is 5.30. The predicted molar refractivity (Wildman–Crippen MR) is 109 cm³/mol. The molecular formula is C22H29N3O3. The van der Waals surface area contributed by atoms with Gasteiger partial charge >= 0.3 is 0 Å². The number of hydrogen-bond acceptors (Lipinski definition) is 4. The highest BCUT2D eigenvalue weighted by molar-refractivity contribution is 6.02. The van der Waals surface area contributed by atoms with Gasteiger partial charge in [-0.1, -0.05) is 12.1 Å². The molecule has 1 aliphatic heterocycles. The summed E-state index contributed by atoms with van der Waals surface area (Å²) in [5.74, 6) is 0.863. The van der Waals surface area contributed by atoms with Gasteiger partial charge in [-0.15, -0.1) is 0 Å². The van der Waals surface area contributed by atoms with Crippen LogP contribution in [0.4, 0.5) is 0 Å². The molecule has 1 saturated heterocycles. The smallest absolute Gasteiger partial charge is 0.270 e. The molecule has 2 aromatic rings. The fraction of sp³-hybridized carbons (Fsp3) is 0.455. The number of aromatic nitrogens is 1. The summed E-state index contributed by atoms with van der Waals surface area (Å²) in [6, 6.07) is 8.19. The average molecular weight is 383 g/mol. The van der Waals surface area contributed by atoms with E-state index in [1.807, 2.05) is 37.8 Å². The van der Waals surface area contributed by atoms with E-state index in [0.717, 1.165) is 36.6 Å². The van der Waals surface area contributed by atoms with Crippen molar-refractivity contribution < 1.29 is 14.3 Å². The summed E-state index contributed by atoms with van der Waals surface area (Å²) in [6.07, 6.45) is 0. The molecule has 0 unspecified atom stereocenters. The molecule has 150 valence electrons. The quantitative estimate of drug-likeness (QED) is 0.778. The van der Waals surface area contributed by atoms with Gasteiger partial charge in [-0.05, 0) is 51.0 Å². The number of carbonyl (C=O) groups is 2. The second-order valence-corrected chi connectivity index (χ2v) is 7.33. The van der Waals surface area contributed by atoms with Gasteiger partial charge in [-0.25, -0.2) is 0 Å². The van der Waals surface area contributed by atoms with Crippen molar-refractivity contribution in [3.63, 3.8) is 0 Å². The predicted octanol–water partition coefficient (Wildman–Crippen LogP) is 3.19. The lowest BCUT2D eigenvalue weighted by Gasteiger charge is -2.34. The van der Waals surface area contributed by atoms with Gasteiger partial charge in [0.2, 0.25) is 0 Å². The van der Waals surface area contributed by atoms with Gasteiger partial charge in [0.15, 0.2) is 5.78 Å². The number of H-pyrrole nitrogens is 1. The molecular weight excluding hydrogens is 354 g/mol. The van der Waals surface area contributed by atoms with E-state index < -0.39 is 0 Å². The topological polar surface area (TPSA) is 65.6 Å². The monoisotopic (exact) mass is 383 g/mol. The maximum absolute atomic E-state index is 12.9. The molecule has 0 aliphatic carbocycles. The first-order valence-corrected chi connectivity index (χ1v) is 9.84. The van der Waals surface area contributed by atoms with Gasteiger partial charge in [0.25, 0.3) is 5.91 Å². The largest absolute Gasteiger partial charge is 0.494 e. The van der Waals surface area contributed by atoms with Crippen molar-refractivity contribution in [3.8, 4) is 5.75 Å². The molecule has 3 rings (SSSR count). The van der Waals surface area contributed by atoms with E-state index in [1.54, 1.807) is 0 Å². The molecule has 0 saturated carbocycles. The summed E-state index contributed by atoms with van der Waals surface area (Å²) in [5, 5.41) is 0. The highest BCUT2D eigenvalue weighted by Crippen LogP contribution is 2.21. The third-order valence-electron chi connectivity index (χ3n) is 5.30. The zero-order valence-electron chi connectivity index (χ0n) is 17.2. The summed E-state index contributed by atoms with van der Waals surface area (Å²) in [7, 11) is 0. The number of carbonyl (C=O) groups excluding carboxylic acids is 2. The summed E-state index contributed by atoms with van der Waals surface area (Å²) in [6.45, 7) is 11.8. The lowest BCUT2D eigenvalue weighted by atomic mass is 10.1. The molecule has 6 nitrogen and oxygen atoms in total. The highest BCUT2D eigenvalue weighted by Gasteiger charge is 2.26. The SMILES string of the molecule is CCOc1ccc(CN2CCN(C(=O)c3[nH]c(C)c(C(C)=O)c3C)CC2)cc1. The van der Waals surface area contributed by atoms with Crippen molar-refractivity contribution >= 4 is 11.7 Å². The van der Waals surface area contributed by atoms with Gasteiger partial charge < -0.3 is 14.6 Å². The van der Waals surface area contributed by atoms with Crippen LogP contribution in [0.3, 0.4) is 0 Å². The first kappa shape index (κ1) is 20.1. The van der Waals surface area contributed by atoms with Crippen molar-refractivity contribution in [1.82, 2.24) is 14.8 Å². The summed E-state index contributed by atoms with van der Waals surface area (Å²) >= 11 is 0. The van der Waals surface area contributed by atoms with Crippen LogP contribution in [-0.4, -0.2) is 59.3 Å². The van der Waals surface area contributed by atoms with Gasteiger partial charge in [-0.2, -0.15) is 0 Å². The van der Waals surface area contributed by atoms with Gasteiger partial charge in [-0.3, -0.25) is 14.5 Å². The Morgan fingerprint density at radius 2 is 1.71 bits per heavy atom. The molecule has 1 aromatic heterocycles. The van der Waals surface area contributed by atoms with Crippen LogP contribution < -0.4 is 4.74 Å². The number of ketones is 1. The number of amides is 1. The fourth-order valence-electron chi connectivity index (χ4n) is 3.88. The van der Waals surface area contributed by atoms with Crippen LogP contribution in [0.5, 0.6) is 5.75 Å². The normalized spacial score (nSPS) is 14.9. The number of aryl methyl sites for hydroxylation is 1. The second-order valence-electron chi connectivity index (χ2n) is 7.33. The van der Waals surface area contributed by atoms with E-state index in [2.05, 4.69) is 22.0 Å². The Labute approximate surface area is 166 Å². The van der Waals surface area contributed by atoms with E-state index in [1.165, 1.54) is 12.5 Å². The second kappa shape index (κ2) is 8.61. The van der Waals surface area contributed by atoms with E-state index in [0.29, 0.717) is 31.0 Å². The Kier molecular flexibility index (Phi) is 6.19. The van der Waals surface area contributed by atoms with Crippen LogP contribution in [0.25, 0.3) is 0 Å². The van der Waals surface area contributed by atoms with E-state index >= 15 is 0 Å². The molecule has 1 aliphatic rings. The van der Waals surface area contributed by atoms with E-state index in [9.17, 15) is 9.59 Å². The fourth-order valence-corrected chi connectivity index (χ4v) is 3.88. The number of nitrogens with one attached hydrogen (secondary N) is 1. The lowest BCUT2D eigenvalue weighted by Crippen LogP contribution is -2.48.